The van der Waals surface area contributed by atoms with Gasteiger partial charge in [0.25, 0.3) is 0 Å². The van der Waals surface area contributed by atoms with E-state index in [4.69, 9.17) is 26.7 Å². The van der Waals surface area contributed by atoms with Crippen molar-refractivity contribution in [3.05, 3.63) is 22.8 Å². The monoisotopic (exact) mass is 267 g/mol. The van der Waals surface area contributed by atoms with E-state index < -0.39 is 12.1 Å². The minimum absolute atomic E-state index is 0.0676. The van der Waals surface area contributed by atoms with Crippen molar-refractivity contribution in [2.24, 2.45) is 0 Å². The molecule has 0 radical (unpaired) electrons. The molecule has 0 aromatic carbocycles. The maximum absolute atomic E-state index is 11.1. The Labute approximate surface area is 108 Å². The summed E-state index contributed by atoms with van der Waals surface area (Å²) in [4.78, 5) is 16.9. The second-order valence-electron chi connectivity index (χ2n) is 3.74. The van der Waals surface area contributed by atoms with Gasteiger partial charge in [-0.3, -0.25) is 0 Å². The summed E-state index contributed by atoms with van der Waals surface area (Å²) >= 11 is 5.78. The number of hydrogen-bond acceptors (Lipinski definition) is 5. The number of carboxylic acids is 1. The highest BCUT2D eigenvalue weighted by Gasteiger charge is 2.25. The number of carbonyl (C=O) groups is 1. The Hall–Kier alpha value is -1.84. The zero-order valence-corrected chi connectivity index (χ0v) is 10.1. The van der Waals surface area contributed by atoms with Gasteiger partial charge in [0.15, 0.2) is 6.10 Å². The summed E-state index contributed by atoms with van der Waals surface area (Å²) in [6.45, 7) is 1.11. The third-order valence-electron chi connectivity index (χ3n) is 2.58. The van der Waals surface area contributed by atoms with Crippen molar-refractivity contribution in [2.75, 3.05) is 24.6 Å². The summed E-state index contributed by atoms with van der Waals surface area (Å²) in [5.41, 5.74) is 0.0676. The smallest absolute Gasteiger partial charge is 0.339 e. The van der Waals surface area contributed by atoms with Crippen molar-refractivity contribution in [1.29, 1.82) is 5.26 Å². The summed E-state index contributed by atoms with van der Waals surface area (Å²) in [7, 11) is 0. The normalized spacial score (nSPS) is 19.3. The Kier molecular flexibility index (Phi) is 3.65. The van der Waals surface area contributed by atoms with Crippen molar-refractivity contribution in [1.82, 2.24) is 4.98 Å². The van der Waals surface area contributed by atoms with E-state index >= 15 is 0 Å². The van der Waals surface area contributed by atoms with E-state index in [1.165, 1.54) is 12.1 Å². The summed E-state index contributed by atoms with van der Waals surface area (Å²) in [6, 6.07) is 4.83. The van der Waals surface area contributed by atoms with Crippen LogP contribution in [0.3, 0.4) is 0 Å². The lowest BCUT2D eigenvalue weighted by Gasteiger charge is -2.31. The second kappa shape index (κ2) is 5.21. The van der Waals surface area contributed by atoms with Crippen LogP contribution in [-0.2, 0) is 4.74 Å². The molecule has 1 aromatic heterocycles. The minimum atomic E-state index is -1.07. The summed E-state index contributed by atoms with van der Waals surface area (Å²) in [6.07, 6.45) is -0.582. The Bertz CT molecular complexity index is 515. The maximum Gasteiger partial charge on any atom is 0.339 e. The molecule has 2 rings (SSSR count). The molecule has 7 heteroatoms. The van der Waals surface area contributed by atoms with Crippen molar-refractivity contribution < 1.29 is 14.6 Å². The Morgan fingerprint density at radius 3 is 3.11 bits per heavy atom. The van der Waals surface area contributed by atoms with Gasteiger partial charge < -0.3 is 14.7 Å². The molecule has 1 aliphatic heterocycles. The Morgan fingerprint density at radius 2 is 2.44 bits per heavy atom. The predicted octanol–water partition coefficient (Wildman–Crippen LogP) is 1.16. The minimum Gasteiger partial charge on any atom is -0.478 e. The van der Waals surface area contributed by atoms with Gasteiger partial charge in [-0.1, -0.05) is 11.6 Å². The predicted molar refractivity (Wildman–Crippen MR) is 63.8 cm³/mol. The molecule has 1 saturated heterocycles. The maximum atomic E-state index is 11.1. The lowest BCUT2D eigenvalue weighted by molar-refractivity contribution is 0.0686. The molecule has 1 unspecified atom stereocenters. The van der Waals surface area contributed by atoms with Crippen LogP contribution in [0.15, 0.2) is 12.1 Å². The van der Waals surface area contributed by atoms with E-state index in [9.17, 15) is 4.79 Å². The van der Waals surface area contributed by atoms with Crippen LogP contribution in [0.5, 0.6) is 0 Å². The molecule has 2 heterocycles. The number of anilines is 1. The third kappa shape index (κ3) is 2.53. The van der Waals surface area contributed by atoms with E-state index in [1.807, 2.05) is 6.07 Å². The average Bonchev–Trinajstić information content (AvgIpc) is 2.38. The summed E-state index contributed by atoms with van der Waals surface area (Å²) in [5, 5.41) is 18.1. The number of carboxylic acid groups (broad SMARTS) is 1. The zero-order chi connectivity index (χ0) is 13.1. The van der Waals surface area contributed by atoms with Crippen molar-refractivity contribution in [2.45, 2.75) is 6.10 Å². The molecule has 1 N–H and O–H groups in total. The molecule has 1 atom stereocenters. The number of aromatic nitrogens is 1. The highest BCUT2D eigenvalue weighted by atomic mass is 35.5. The van der Waals surface area contributed by atoms with Crippen LogP contribution < -0.4 is 4.90 Å². The zero-order valence-electron chi connectivity index (χ0n) is 9.34. The standard InChI is InChI=1S/C11H10ClN3O3/c12-9-2-1-8(11(16)17)10(14-9)15-3-4-18-7(5-13)6-15/h1-2,7H,3-4,6H2,(H,16,17). The van der Waals surface area contributed by atoms with E-state index in [1.54, 1.807) is 4.90 Å². The van der Waals surface area contributed by atoms with Gasteiger partial charge in [-0.25, -0.2) is 9.78 Å². The average molecular weight is 268 g/mol. The highest BCUT2D eigenvalue weighted by Crippen LogP contribution is 2.22. The molecule has 0 saturated carbocycles. The van der Waals surface area contributed by atoms with Crippen LogP contribution in [-0.4, -0.2) is 41.9 Å². The molecule has 1 aromatic rings. The van der Waals surface area contributed by atoms with Crippen LogP contribution in [0.1, 0.15) is 10.4 Å². The van der Waals surface area contributed by atoms with E-state index in [2.05, 4.69) is 4.98 Å². The Balaban J connectivity index is 2.34. The molecule has 1 aliphatic rings. The van der Waals surface area contributed by atoms with E-state index in [0.717, 1.165) is 0 Å². The van der Waals surface area contributed by atoms with Crippen molar-refractivity contribution in [3.63, 3.8) is 0 Å². The third-order valence-corrected chi connectivity index (χ3v) is 2.79. The molecule has 94 valence electrons. The topological polar surface area (TPSA) is 86.5 Å². The number of halogens is 1. The van der Waals surface area contributed by atoms with Crippen molar-refractivity contribution >= 4 is 23.4 Å². The van der Waals surface area contributed by atoms with Crippen LogP contribution in [0, 0.1) is 11.3 Å². The van der Waals surface area contributed by atoms with Crippen LogP contribution in [0.25, 0.3) is 0 Å². The first-order valence-corrected chi connectivity index (χ1v) is 5.65. The molecule has 6 nitrogen and oxygen atoms in total. The van der Waals surface area contributed by atoms with E-state index in [0.29, 0.717) is 13.2 Å². The highest BCUT2D eigenvalue weighted by molar-refractivity contribution is 6.29. The van der Waals surface area contributed by atoms with Crippen molar-refractivity contribution in [3.8, 4) is 6.07 Å². The number of pyridine rings is 1. The molecule has 18 heavy (non-hydrogen) atoms. The number of hydrogen-bond donors (Lipinski definition) is 1. The molecule has 0 amide bonds. The number of rotatable bonds is 2. The van der Waals surface area contributed by atoms with Crippen LogP contribution in [0.2, 0.25) is 5.15 Å². The van der Waals surface area contributed by atoms with Crippen LogP contribution in [0.4, 0.5) is 5.82 Å². The molecule has 1 fully saturated rings. The SMILES string of the molecule is N#CC1CN(c2nc(Cl)ccc2C(=O)O)CCO1. The second-order valence-corrected chi connectivity index (χ2v) is 4.13. The number of ether oxygens (including phenoxy) is 1. The number of nitriles is 1. The van der Waals surface area contributed by atoms with Gasteiger partial charge in [-0.05, 0) is 12.1 Å². The van der Waals surface area contributed by atoms with Gasteiger partial charge in [0, 0.05) is 6.54 Å². The first-order valence-electron chi connectivity index (χ1n) is 5.28. The van der Waals surface area contributed by atoms with E-state index in [-0.39, 0.29) is 23.1 Å². The lowest BCUT2D eigenvalue weighted by Crippen LogP contribution is -2.43. The van der Waals surface area contributed by atoms with Gasteiger partial charge in [-0.2, -0.15) is 5.26 Å². The lowest BCUT2D eigenvalue weighted by atomic mass is 10.2. The fourth-order valence-electron chi connectivity index (χ4n) is 1.75. The molecule has 0 aliphatic carbocycles. The van der Waals surface area contributed by atoms with Gasteiger partial charge in [0.2, 0.25) is 0 Å². The largest absolute Gasteiger partial charge is 0.478 e. The van der Waals surface area contributed by atoms with Gasteiger partial charge in [-0.15, -0.1) is 0 Å². The molecule has 0 spiro atoms. The first kappa shape index (κ1) is 12.6. The Morgan fingerprint density at radius 1 is 1.67 bits per heavy atom. The van der Waals surface area contributed by atoms with Gasteiger partial charge >= 0.3 is 5.97 Å². The number of aromatic carboxylic acids is 1. The fourth-order valence-corrected chi connectivity index (χ4v) is 1.90. The number of morpholine rings is 1. The first-order chi connectivity index (χ1) is 8.61. The van der Waals surface area contributed by atoms with Gasteiger partial charge in [0.1, 0.15) is 16.5 Å². The van der Waals surface area contributed by atoms with Gasteiger partial charge in [0.05, 0.1) is 19.2 Å². The number of nitrogens with zero attached hydrogens (tertiary/aromatic N) is 3. The fraction of sp³-hybridized carbons (Fsp3) is 0.364. The molecular formula is C11H10ClN3O3. The quantitative estimate of drug-likeness (QED) is 0.809. The summed E-state index contributed by atoms with van der Waals surface area (Å²) in [5.74, 6) is -0.798. The van der Waals surface area contributed by atoms with Crippen LogP contribution >= 0.6 is 11.6 Å². The molecular weight excluding hydrogens is 258 g/mol. The molecule has 0 bridgehead atoms. The summed E-state index contributed by atoms with van der Waals surface area (Å²) < 4.78 is 5.20.